The average Bonchev–Trinajstić information content (AvgIpc) is 3.68. The molecule has 1 aromatic heterocycles. The third kappa shape index (κ3) is 21.3. The lowest BCUT2D eigenvalue weighted by atomic mass is 9.93. The highest BCUT2D eigenvalue weighted by molar-refractivity contribution is 5.90. The standard InChI is InChI=1S/C44H61F3N2O16/c45-44(46,47)39-4-2-1-3-36(39)40-30-34-6-5-33(29-37(34)42(52)49-40)38-31-35(48-41(38)51)32-65-43(53)64-28-27-63-26-25-62-24-23-61-22-21-60-20-19-59-18-17-58-16-15-57-14-13-56-12-11-55-10-9-54-8-7-50/h1-6,29-30,35,38,50H,7-28,31-32H2,(H,48,51)(H,49,52)/t35?,38-/m0/s1. The minimum absolute atomic E-state index is 0.00450. The molecule has 0 aliphatic carbocycles. The second-order valence-corrected chi connectivity index (χ2v) is 14.2. The fourth-order valence-corrected chi connectivity index (χ4v) is 6.29. The van der Waals surface area contributed by atoms with E-state index in [9.17, 15) is 27.6 Å². The number of halogens is 3. The van der Waals surface area contributed by atoms with Gasteiger partial charge in [0.15, 0.2) is 0 Å². The molecule has 18 nitrogen and oxygen atoms in total. The number of rotatable bonds is 36. The summed E-state index contributed by atoms with van der Waals surface area (Å²) in [4.78, 5) is 40.5. The fraction of sp³-hybridized carbons (Fsp3) is 0.614. The summed E-state index contributed by atoms with van der Waals surface area (Å²) in [5, 5.41) is 12.0. The number of amides is 1. The summed E-state index contributed by atoms with van der Waals surface area (Å²) < 4.78 is 105. The van der Waals surface area contributed by atoms with Crippen LogP contribution in [0.5, 0.6) is 0 Å². The third-order valence-corrected chi connectivity index (χ3v) is 9.41. The van der Waals surface area contributed by atoms with Gasteiger partial charge in [0.25, 0.3) is 5.56 Å². The van der Waals surface area contributed by atoms with E-state index < -0.39 is 35.4 Å². The molecule has 1 fully saturated rings. The number of hydrogen-bond acceptors (Lipinski definition) is 16. The number of aromatic amines is 1. The van der Waals surface area contributed by atoms with Crippen molar-refractivity contribution < 1.29 is 84.7 Å². The van der Waals surface area contributed by atoms with Gasteiger partial charge >= 0.3 is 12.3 Å². The number of pyridine rings is 1. The lowest BCUT2D eigenvalue weighted by Crippen LogP contribution is -2.31. The van der Waals surface area contributed by atoms with Crippen molar-refractivity contribution in [3.8, 4) is 11.3 Å². The molecule has 2 heterocycles. The van der Waals surface area contributed by atoms with E-state index in [2.05, 4.69) is 10.3 Å². The first-order valence-corrected chi connectivity index (χ1v) is 21.5. The van der Waals surface area contributed by atoms with Crippen LogP contribution in [0.4, 0.5) is 18.0 Å². The second kappa shape index (κ2) is 31.6. The summed E-state index contributed by atoms with van der Waals surface area (Å²) in [6.45, 7) is 7.97. The topological polar surface area (TPSA) is 210 Å². The molecule has 0 radical (unpaired) electrons. The zero-order valence-electron chi connectivity index (χ0n) is 36.4. The summed E-state index contributed by atoms with van der Waals surface area (Å²) in [6.07, 6.45) is -5.25. The molecule has 0 bridgehead atoms. The lowest BCUT2D eigenvalue weighted by molar-refractivity contribution is -0.137. The first kappa shape index (κ1) is 53.4. The number of ether oxygens (including phenoxy) is 12. The van der Waals surface area contributed by atoms with Gasteiger partial charge in [-0.05, 0) is 35.6 Å². The van der Waals surface area contributed by atoms with Gasteiger partial charge in [0, 0.05) is 16.6 Å². The molecule has 4 rings (SSSR count). The quantitative estimate of drug-likeness (QED) is 0.0563. The Morgan fingerprint density at radius 3 is 1.54 bits per heavy atom. The molecule has 0 saturated carbocycles. The lowest BCUT2D eigenvalue weighted by Gasteiger charge is -2.14. The molecule has 3 N–H and O–H groups in total. The normalized spacial score (nSPS) is 15.2. The molecule has 2 aromatic carbocycles. The molecule has 1 amide bonds. The Labute approximate surface area is 375 Å². The number of carbonyl (C=O) groups excluding carboxylic acids is 2. The van der Waals surface area contributed by atoms with Crippen LogP contribution < -0.4 is 10.9 Å². The van der Waals surface area contributed by atoms with Gasteiger partial charge in [0.2, 0.25) is 5.91 Å². The van der Waals surface area contributed by atoms with Crippen molar-refractivity contribution >= 4 is 22.8 Å². The van der Waals surface area contributed by atoms with E-state index in [0.717, 1.165) is 6.07 Å². The number of aliphatic hydroxyl groups is 1. The number of H-pyrrole nitrogens is 1. The zero-order valence-corrected chi connectivity index (χ0v) is 36.4. The van der Waals surface area contributed by atoms with Crippen LogP contribution in [-0.2, 0) is 67.8 Å². The second-order valence-electron chi connectivity index (χ2n) is 14.2. The van der Waals surface area contributed by atoms with Crippen molar-refractivity contribution in [2.75, 3.05) is 152 Å². The van der Waals surface area contributed by atoms with Crippen LogP contribution in [0.1, 0.15) is 23.5 Å². The van der Waals surface area contributed by atoms with Gasteiger partial charge < -0.3 is 72.2 Å². The maximum Gasteiger partial charge on any atom is 0.508 e. The summed E-state index contributed by atoms with van der Waals surface area (Å²) in [6, 6.07) is 10.8. The number of carbonyl (C=O) groups is 2. The van der Waals surface area contributed by atoms with Crippen molar-refractivity contribution in [1.82, 2.24) is 10.3 Å². The molecule has 1 aliphatic rings. The van der Waals surface area contributed by atoms with Crippen LogP contribution in [0.2, 0.25) is 0 Å². The van der Waals surface area contributed by atoms with Crippen LogP contribution in [0.15, 0.2) is 53.3 Å². The molecular formula is C44H61F3N2O16. The first-order chi connectivity index (χ1) is 31.7. The molecular weight excluding hydrogens is 869 g/mol. The van der Waals surface area contributed by atoms with Crippen LogP contribution in [0.3, 0.4) is 0 Å². The maximum absolute atomic E-state index is 13.6. The van der Waals surface area contributed by atoms with E-state index in [1.165, 1.54) is 24.3 Å². The zero-order chi connectivity index (χ0) is 46.4. The number of aliphatic hydroxyl groups excluding tert-OH is 1. The Kier molecular flexibility index (Phi) is 26.0. The van der Waals surface area contributed by atoms with E-state index in [4.69, 9.17) is 61.9 Å². The Morgan fingerprint density at radius 1 is 0.600 bits per heavy atom. The molecule has 0 spiro atoms. The molecule has 21 heteroatoms. The van der Waals surface area contributed by atoms with Crippen LogP contribution in [0.25, 0.3) is 22.0 Å². The Morgan fingerprint density at radius 2 is 1.06 bits per heavy atom. The minimum atomic E-state index is -4.61. The highest BCUT2D eigenvalue weighted by atomic mass is 19.4. The Hall–Kier alpha value is -4.26. The highest BCUT2D eigenvalue weighted by Crippen LogP contribution is 2.37. The van der Waals surface area contributed by atoms with Crippen molar-refractivity contribution in [1.29, 1.82) is 0 Å². The third-order valence-electron chi connectivity index (χ3n) is 9.41. The monoisotopic (exact) mass is 930 g/mol. The smallest absolute Gasteiger partial charge is 0.432 e. The maximum atomic E-state index is 13.6. The molecule has 364 valence electrons. The van der Waals surface area contributed by atoms with Gasteiger partial charge in [-0.25, -0.2) is 4.79 Å². The Balaban J connectivity index is 0.902. The number of alkyl halides is 3. The number of hydrogen-bond donors (Lipinski definition) is 3. The van der Waals surface area contributed by atoms with Crippen molar-refractivity contribution in [3.63, 3.8) is 0 Å². The molecule has 1 aliphatic heterocycles. The number of benzene rings is 2. The van der Waals surface area contributed by atoms with Gasteiger partial charge in [-0.15, -0.1) is 0 Å². The van der Waals surface area contributed by atoms with E-state index in [1.807, 2.05) is 0 Å². The van der Waals surface area contributed by atoms with Gasteiger partial charge in [-0.2, -0.15) is 13.2 Å². The summed E-state index contributed by atoms with van der Waals surface area (Å²) in [5.74, 6) is -0.953. The SMILES string of the molecule is O=C(OCCOCCOCCOCCOCCOCCOCCOCCOCCOCCOCCO)OCC1C[C@@H](c2ccc3cc(-c4ccccc4C(F)(F)F)[nH]c(=O)c3c2)C(=O)N1. The number of nitrogens with one attached hydrogen (secondary N) is 2. The van der Waals surface area contributed by atoms with Gasteiger partial charge in [-0.3, -0.25) is 9.59 Å². The van der Waals surface area contributed by atoms with Gasteiger partial charge in [0.1, 0.15) is 13.2 Å². The summed E-state index contributed by atoms with van der Waals surface area (Å²) in [5.41, 5.74) is -1.04. The molecule has 65 heavy (non-hydrogen) atoms. The van der Waals surface area contributed by atoms with Crippen molar-refractivity contribution in [3.05, 3.63) is 70.0 Å². The molecule has 3 aromatic rings. The van der Waals surface area contributed by atoms with E-state index in [0.29, 0.717) is 130 Å². The van der Waals surface area contributed by atoms with Gasteiger partial charge in [0.05, 0.1) is 156 Å². The molecule has 1 saturated heterocycles. The predicted octanol–water partition coefficient (Wildman–Crippen LogP) is 3.50. The minimum Gasteiger partial charge on any atom is -0.432 e. The Bertz CT molecular complexity index is 1850. The highest BCUT2D eigenvalue weighted by Gasteiger charge is 2.35. The van der Waals surface area contributed by atoms with E-state index in [-0.39, 0.29) is 62.0 Å². The number of aromatic nitrogens is 1. The first-order valence-electron chi connectivity index (χ1n) is 21.5. The number of fused-ring (bicyclic) bond motifs is 1. The molecule has 1 unspecified atom stereocenters. The van der Waals surface area contributed by atoms with Crippen LogP contribution >= 0.6 is 0 Å². The predicted molar refractivity (Wildman–Crippen MR) is 227 cm³/mol. The van der Waals surface area contributed by atoms with Gasteiger partial charge in [-0.1, -0.05) is 30.3 Å². The molecule has 2 atom stereocenters. The fourth-order valence-electron chi connectivity index (χ4n) is 6.29. The summed E-state index contributed by atoms with van der Waals surface area (Å²) >= 11 is 0. The van der Waals surface area contributed by atoms with Crippen LogP contribution in [-0.4, -0.2) is 180 Å². The van der Waals surface area contributed by atoms with E-state index in [1.54, 1.807) is 18.2 Å². The van der Waals surface area contributed by atoms with Crippen LogP contribution in [0, 0.1) is 0 Å². The average molecular weight is 931 g/mol. The summed E-state index contributed by atoms with van der Waals surface area (Å²) in [7, 11) is 0. The van der Waals surface area contributed by atoms with Crippen molar-refractivity contribution in [2.45, 2.75) is 24.6 Å². The van der Waals surface area contributed by atoms with E-state index >= 15 is 0 Å². The largest absolute Gasteiger partial charge is 0.508 e. The van der Waals surface area contributed by atoms with Crippen molar-refractivity contribution in [2.24, 2.45) is 0 Å².